The largest absolute Gasteiger partial charge is 0.506 e. The van der Waals surface area contributed by atoms with Crippen molar-refractivity contribution < 1.29 is 38.7 Å². The number of aliphatic hydroxyl groups excluding tert-OH is 1. The highest BCUT2D eigenvalue weighted by Gasteiger charge is 2.29. The smallest absolute Gasteiger partial charge is 0.496 e. The van der Waals surface area contributed by atoms with Gasteiger partial charge in [-0.3, -0.25) is 0 Å². The van der Waals surface area contributed by atoms with Gasteiger partial charge in [-0.05, 0) is 47.7 Å². The molecule has 0 aromatic heterocycles. The van der Waals surface area contributed by atoms with Gasteiger partial charge >= 0.3 is 6.16 Å². The van der Waals surface area contributed by atoms with Crippen molar-refractivity contribution in [2.24, 2.45) is 0 Å². The van der Waals surface area contributed by atoms with Gasteiger partial charge in [-0.15, -0.1) is 0 Å². The highest BCUT2D eigenvalue weighted by molar-refractivity contribution is 5.83. The summed E-state index contributed by atoms with van der Waals surface area (Å²) >= 11 is 0. The molecule has 0 amide bonds. The quantitative estimate of drug-likeness (QED) is 0.705. The number of methoxy groups -OCH3 is 4. The van der Waals surface area contributed by atoms with Crippen molar-refractivity contribution in [3.8, 4) is 34.1 Å². The second-order valence-electron chi connectivity index (χ2n) is 6.54. The van der Waals surface area contributed by atoms with Crippen molar-refractivity contribution in [3.63, 3.8) is 0 Å². The van der Waals surface area contributed by atoms with E-state index in [9.17, 15) is 9.90 Å². The van der Waals surface area contributed by atoms with Crippen molar-refractivity contribution in [1.29, 1.82) is 0 Å². The van der Waals surface area contributed by atoms with Gasteiger partial charge in [0.15, 0.2) is 11.5 Å². The van der Waals surface area contributed by atoms with Gasteiger partial charge in [0, 0.05) is 11.1 Å². The van der Waals surface area contributed by atoms with Crippen LogP contribution in [-0.2, 0) is 17.8 Å². The molecule has 156 valence electrons. The highest BCUT2D eigenvalue weighted by Crippen LogP contribution is 2.51. The summed E-state index contributed by atoms with van der Waals surface area (Å²) in [5.74, 6) is 1.93. The monoisotopic (exact) mass is 404 g/mol. The van der Waals surface area contributed by atoms with Gasteiger partial charge in [0.25, 0.3) is 0 Å². The molecule has 1 atom stereocenters. The molecule has 0 radical (unpaired) electrons. The topological polar surface area (TPSA) is 104 Å². The Morgan fingerprint density at radius 1 is 1.00 bits per heavy atom. The standard InChI is InChI=1S/C21H24O8/c1-25-16-9-14-13(7-12(16)10-29-21(23)24)15(22)6-5-11-8-17(26-2)19(27-3)20(28-4)18(11)14/h7-9,15,22H,5-6,10H2,1-4H3,(H,23,24). The maximum atomic E-state index is 10.8. The molecule has 2 aromatic rings. The van der Waals surface area contributed by atoms with E-state index in [0.717, 1.165) is 16.7 Å². The van der Waals surface area contributed by atoms with Gasteiger partial charge in [-0.1, -0.05) is 0 Å². The highest BCUT2D eigenvalue weighted by atomic mass is 16.7. The number of hydrogen-bond acceptors (Lipinski definition) is 7. The van der Waals surface area contributed by atoms with Gasteiger partial charge in [-0.2, -0.15) is 0 Å². The lowest BCUT2D eigenvalue weighted by Gasteiger charge is -2.21. The summed E-state index contributed by atoms with van der Waals surface area (Å²) < 4.78 is 26.8. The summed E-state index contributed by atoms with van der Waals surface area (Å²) in [6.07, 6.45) is -1.07. The van der Waals surface area contributed by atoms with Gasteiger partial charge in [0.05, 0.1) is 34.5 Å². The number of rotatable bonds is 6. The van der Waals surface area contributed by atoms with Crippen LogP contribution in [0, 0.1) is 0 Å². The Hall–Kier alpha value is -3.13. The molecule has 8 nitrogen and oxygen atoms in total. The Kier molecular flexibility index (Phi) is 6.03. The Morgan fingerprint density at radius 2 is 1.69 bits per heavy atom. The van der Waals surface area contributed by atoms with E-state index in [4.69, 9.17) is 28.8 Å². The van der Waals surface area contributed by atoms with Crippen molar-refractivity contribution in [2.45, 2.75) is 25.6 Å². The fraction of sp³-hybridized carbons (Fsp3) is 0.381. The van der Waals surface area contributed by atoms with Crippen LogP contribution >= 0.6 is 0 Å². The van der Waals surface area contributed by atoms with Gasteiger partial charge < -0.3 is 33.9 Å². The fourth-order valence-corrected chi connectivity index (χ4v) is 3.73. The zero-order valence-corrected chi connectivity index (χ0v) is 16.8. The average molecular weight is 404 g/mol. The first-order valence-electron chi connectivity index (χ1n) is 9.01. The van der Waals surface area contributed by atoms with E-state index in [0.29, 0.717) is 47.0 Å². The number of aliphatic hydroxyl groups is 1. The van der Waals surface area contributed by atoms with Crippen molar-refractivity contribution in [2.75, 3.05) is 28.4 Å². The van der Waals surface area contributed by atoms with E-state index < -0.39 is 12.3 Å². The number of benzene rings is 2. The minimum absolute atomic E-state index is 0.186. The molecule has 1 aliphatic carbocycles. The Labute approximate surface area is 168 Å². The van der Waals surface area contributed by atoms with Crippen LogP contribution < -0.4 is 18.9 Å². The SMILES string of the molecule is COc1cc2c(cc1COC(=O)O)C(O)CCc1cc(OC)c(OC)c(OC)c1-2. The van der Waals surface area contributed by atoms with E-state index in [-0.39, 0.29) is 6.61 Å². The second-order valence-corrected chi connectivity index (χ2v) is 6.54. The first kappa shape index (κ1) is 20.6. The summed E-state index contributed by atoms with van der Waals surface area (Å²) in [6.45, 7) is -0.186. The second kappa shape index (κ2) is 8.48. The number of carbonyl (C=O) groups is 1. The lowest BCUT2D eigenvalue weighted by molar-refractivity contribution is 0.0846. The van der Waals surface area contributed by atoms with Crippen LogP contribution in [-0.4, -0.2) is 44.8 Å². The third-order valence-electron chi connectivity index (χ3n) is 5.03. The van der Waals surface area contributed by atoms with E-state index in [1.807, 2.05) is 6.07 Å². The Morgan fingerprint density at radius 3 is 2.28 bits per heavy atom. The van der Waals surface area contributed by atoms with Crippen LogP contribution in [0.3, 0.4) is 0 Å². The number of fused-ring (bicyclic) bond motifs is 3. The van der Waals surface area contributed by atoms with Crippen molar-refractivity contribution >= 4 is 6.16 Å². The molecule has 0 saturated carbocycles. The lowest BCUT2D eigenvalue weighted by Crippen LogP contribution is -2.06. The molecule has 1 unspecified atom stereocenters. The predicted octanol–water partition coefficient (Wildman–Crippen LogP) is 3.56. The summed E-state index contributed by atoms with van der Waals surface area (Å²) in [5, 5.41) is 19.6. The maximum Gasteiger partial charge on any atom is 0.506 e. The Balaban J connectivity index is 2.28. The number of hydrogen-bond donors (Lipinski definition) is 2. The Bertz CT molecular complexity index is 922. The molecule has 2 N–H and O–H groups in total. The predicted molar refractivity (Wildman–Crippen MR) is 104 cm³/mol. The molecule has 0 aliphatic heterocycles. The van der Waals surface area contributed by atoms with Crippen LogP contribution in [0.1, 0.15) is 29.2 Å². The third-order valence-corrected chi connectivity index (χ3v) is 5.03. The number of carboxylic acid groups (broad SMARTS) is 1. The molecule has 3 rings (SSSR count). The normalized spacial score (nSPS) is 14.9. The van der Waals surface area contributed by atoms with Gasteiger partial charge in [0.1, 0.15) is 12.4 Å². The van der Waals surface area contributed by atoms with Gasteiger partial charge in [0.2, 0.25) is 5.75 Å². The first-order valence-corrected chi connectivity index (χ1v) is 9.01. The zero-order valence-electron chi connectivity index (χ0n) is 16.8. The van der Waals surface area contributed by atoms with E-state index in [1.165, 1.54) is 14.2 Å². The summed E-state index contributed by atoms with van der Waals surface area (Å²) in [4.78, 5) is 10.8. The van der Waals surface area contributed by atoms with E-state index in [1.54, 1.807) is 26.4 Å². The van der Waals surface area contributed by atoms with Gasteiger partial charge in [-0.25, -0.2) is 4.79 Å². The van der Waals surface area contributed by atoms with Crippen LogP contribution in [0.25, 0.3) is 11.1 Å². The fourth-order valence-electron chi connectivity index (χ4n) is 3.73. The van der Waals surface area contributed by atoms with Crippen LogP contribution in [0.5, 0.6) is 23.0 Å². The minimum Gasteiger partial charge on any atom is -0.496 e. The first-order chi connectivity index (χ1) is 13.9. The van der Waals surface area contributed by atoms with Crippen molar-refractivity contribution in [1.82, 2.24) is 0 Å². The number of ether oxygens (including phenoxy) is 5. The molecule has 0 fully saturated rings. The lowest BCUT2D eigenvalue weighted by atomic mass is 9.92. The molecule has 0 saturated heterocycles. The molecular weight excluding hydrogens is 380 g/mol. The van der Waals surface area contributed by atoms with Crippen LogP contribution in [0.4, 0.5) is 4.79 Å². The summed E-state index contributed by atoms with van der Waals surface area (Å²) in [7, 11) is 6.13. The zero-order chi connectivity index (χ0) is 21.1. The third kappa shape index (κ3) is 3.75. The molecule has 8 heteroatoms. The number of aryl methyl sites for hydroxylation is 1. The molecule has 0 heterocycles. The molecule has 1 aliphatic rings. The van der Waals surface area contributed by atoms with Crippen LogP contribution in [0.15, 0.2) is 18.2 Å². The van der Waals surface area contributed by atoms with E-state index in [2.05, 4.69) is 0 Å². The van der Waals surface area contributed by atoms with Crippen LogP contribution in [0.2, 0.25) is 0 Å². The summed E-state index contributed by atoms with van der Waals surface area (Å²) in [5.41, 5.74) is 3.60. The minimum atomic E-state index is -1.38. The molecule has 29 heavy (non-hydrogen) atoms. The molecule has 2 aromatic carbocycles. The maximum absolute atomic E-state index is 10.8. The average Bonchev–Trinajstić information content (AvgIpc) is 2.86. The van der Waals surface area contributed by atoms with E-state index >= 15 is 0 Å². The van der Waals surface area contributed by atoms with Crippen molar-refractivity contribution in [3.05, 3.63) is 34.9 Å². The molecule has 0 spiro atoms. The summed E-state index contributed by atoms with van der Waals surface area (Å²) in [6, 6.07) is 5.36. The molecular formula is C21H24O8. The molecule has 0 bridgehead atoms.